The van der Waals surface area contributed by atoms with E-state index in [0.29, 0.717) is 5.69 Å². The van der Waals surface area contributed by atoms with Gasteiger partial charge in [0, 0.05) is 23.5 Å². The molecule has 0 saturated heterocycles. The monoisotopic (exact) mass is 362 g/mol. The Morgan fingerprint density at radius 1 is 0.963 bits per heavy atom. The first-order valence-electron chi connectivity index (χ1n) is 8.03. The van der Waals surface area contributed by atoms with E-state index >= 15 is 0 Å². The van der Waals surface area contributed by atoms with Crippen molar-refractivity contribution in [2.24, 2.45) is 5.10 Å². The number of aromatic nitrogens is 1. The highest BCUT2D eigenvalue weighted by Crippen LogP contribution is 2.16. The Kier molecular flexibility index (Phi) is 5.64. The Hall–Kier alpha value is -3.87. The number of carbonyl (C=O) groups excluding carboxylic acids is 2. The molecule has 0 radical (unpaired) electrons. The first kappa shape index (κ1) is 17.9. The molecule has 134 valence electrons. The molecule has 3 rings (SSSR count). The number of amides is 2. The highest BCUT2D eigenvalue weighted by molar-refractivity contribution is 6.09. The molecule has 0 unspecified atom stereocenters. The van der Waals surface area contributed by atoms with Crippen molar-refractivity contribution in [1.29, 1.82) is 0 Å². The molecular formula is C20H15FN4O2. The number of hydrogen-bond donors (Lipinski definition) is 2. The Morgan fingerprint density at radius 3 is 2.48 bits per heavy atom. The molecule has 0 aliphatic heterocycles. The van der Waals surface area contributed by atoms with Crippen molar-refractivity contribution in [3.63, 3.8) is 0 Å². The summed E-state index contributed by atoms with van der Waals surface area (Å²) in [7, 11) is 0. The van der Waals surface area contributed by atoms with E-state index in [4.69, 9.17) is 0 Å². The molecule has 6 nitrogen and oxygen atoms in total. The summed E-state index contributed by atoms with van der Waals surface area (Å²) in [5, 5.41) is 6.54. The molecule has 0 aliphatic rings. The van der Waals surface area contributed by atoms with Gasteiger partial charge in [-0.1, -0.05) is 18.2 Å². The average Bonchev–Trinajstić information content (AvgIpc) is 2.69. The van der Waals surface area contributed by atoms with Crippen molar-refractivity contribution in [3.05, 3.63) is 95.6 Å². The van der Waals surface area contributed by atoms with E-state index in [-0.39, 0.29) is 11.1 Å². The van der Waals surface area contributed by atoms with E-state index in [9.17, 15) is 14.0 Å². The van der Waals surface area contributed by atoms with Crippen LogP contribution in [-0.2, 0) is 0 Å². The largest absolute Gasteiger partial charge is 0.321 e. The Balaban J connectivity index is 1.71. The number of anilines is 1. The van der Waals surface area contributed by atoms with Crippen LogP contribution in [0.4, 0.5) is 10.1 Å². The second-order valence-electron chi connectivity index (χ2n) is 5.49. The molecule has 0 atom stereocenters. The van der Waals surface area contributed by atoms with Gasteiger partial charge in [-0.25, -0.2) is 9.82 Å². The fraction of sp³-hybridized carbons (Fsp3) is 0. The number of carbonyl (C=O) groups is 2. The van der Waals surface area contributed by atoms with E-state index in [1.54, 1.807) is 48.8 Å². The normalized spacial score (nSPS) is 10.6. The molecule has 2 N–H and O–H groups in total. The van der Waals surface area contributed by atoms with Crippen LogP contribution >= 0.6 is 0 Å². The first-order valence-corrected chi connectivity index (χ1v) is 8.03. The maximum Gasteiger partial charge on any atom is 0.273 e. The maximum absolute atomic E-state index is 13.0. The molecule has 3 aromatic rings. The van der Waals surface area contributed by atoms with E-state index in [1.807, 2.05) is 0 Å². The van der Waals surface area contributed by atoms with Gasteiger partial charge in [0.05, 0.1) is 17.5 Å². The smallest absolute Gasteiger partial charge is 0.273 e. The van der Waals surface area contributed by atoms with Gasteiger partial charge in [0.25, 0.3) is 11.8 Å². The lowest BCUT2D eigenvalue weighted by Gasteiger charge is -2.10. The van der Waals surface area contributed by atoms with Gasteiger partial charge in [-0.15, -0.1) is 0 Å². The van der Waals surface area contributed by atoms with E-state index in [2.05, 4.69) is 20.8 Å². The second-order valence-corrected chi connectivity index (χ2v) is 5.49. The maximum atomic E-state index is 13.0. The number of rotatable bonds is 5. The lowest BCUT2D eigenvalue weighted by molar-refractivity contribution is 0.0956. The van der Waals surface area contributed by atoms with E-state index < -0.39 is 17.6 Å². The molecule has 2 amide bonds. The molecule has 1 heterocycles. The summed E-state index contributed by atoms with van der Waals surface area (Å²) < 4.78 is 13.0. The van der Waals surface area contributed by atoms with Crippen LogP contribution in [-0.4, -0.2) is 23.0 Å². The number of pyridine rings is 1. The van der Waals surface area contributed by atoms with Crippen LogP contribution in [0.1, 0.15) is 26.3 Å². The van der Waals surface area contributed by atoms with Gasteiger partial charge in [0.15, 0.2) is 0 Å². The average molecular weight is 362 g/mol. The van der Waals surface area contributed by atoms with Crippen molar-refractivity contribution >= 4 is 23.7 Å². The van der Waals surface area contributed by atoms with Crippen molar-refractivity contribution in [2.75, 3.05) is 5.32 Å². The van der Waals surface area contributed by atoms with Gasteiger partial charge in [-0.2, -0.15) is 5.10 Å². The number of para-hydroxylation sites is 1. The fourth-order valence-corrected chi connectivity index (χ4v) is 2.26. The fourth-order valence-electron chi connectivity index (χ4n) is 2.26. The molecule has 0 fully saturated rings. The third kappa shape index (κ3) is 4.82. The van der Waals surface area contributed by atoms with Gasteiger partial charge < -0.3 is 5.32 Å². The SMILES string of the molecule is O=C(Nc1ccccc1C(=O)NN=Cc1cccnc1)c1ccc(F)cc1. The van der Waals surface area contributed by atoms with Crippen LogP contribution in [0.15, 0.2) is 78.2 Å². The summed E-state index contributed by atoms with van der Waals surface area (Å²) in [5.74, 6) is -1.36. The molecule has 0 aliphatic carbocycles. The molecule has 0 saturated carbocycles. The number of nitrogens with zero attached hydrogens (tertiary/aromatic N) is 2. The van der Waals surface area contributed by atoms with Crippen molar-refractivity contribution in [1.82, 2.24) is 10.4 Å². The highest BCUT2D eigenvalue weighted by Gasteiger charge is 2.13. The third-order valence-corrected chi connectivity index (χ3v) is 3.59. The third-order valence-electron chi connectivity index (χ3n) is 3.59. The van der Waals surface area contributed by atoms with E-state index in [0.717, 1.165) is 5.56 Å². The lowest BCUT2D eigenvalue weighted by Crippen LogP contribution is -2.21. The van der Waals surface area contributed by atoms with Crippen LogP contribution in [0, 0.1) is 5.82 Å². The topological polar surface area (TPSA) is 83.5 Å². The van der Waals surface area contributed by atoms with Gasteiger partial charge in [-0.3, -0.25) is 14.6 Å². The Labute approximate surface area is 154 Å². The predicted octanol–water partition coefficient (Wildman–Crippen LogP) is 3.24. The van der Waals surface area contributed by atoms with E-state index in [1.165, 1.54) is 30.5 Å². The summed E-state index contributed by atoms with van der Waals surface area (Å²) in [4.78, 5) is 28.6. The summed E-state index contributed by atoms with van der Waals surface area (Å²) >= 11 is 0. The molecular weight excluding hydrogens is 347 g/mol. The number of hydrogen-bond acceptors (Lipinski definition) is 4. The zero-order valence-corrected chi connectivity index (χ0v) is 14.1. The number of benzene rings is 2. The quantitative estimate of drug-likeness (QED) is 0.540. The van der Waals surface area contributed by atoms with Gasteiger partial charge >= 0.3 is 0 Å². The van der Waals surface area contributed by atoms with Gasteiger partial charge in [-0.05, 0) is 42.5 Å². The standard InChI is InChI=1S/C20H15FN4O2/c21-16-9-7-15(8-10-16)19(26)24-18-6-2-1-5-17(18)20(27)25-23-13-14-4-3-11-22-12-14/h1-13H,(H,24,26)(H,25,27). The van der Waals surface area contributed by atoms with Crippen LogP contribution in [0.3, 0.4) is 0 Å². The first-order chi connectivity index (χ1) is 13.1. The number of hydrazone groups is 1. The van der Waals surface area contributed by atoms with Crippen LogP contribution in [0.5, 0.6) is 0 Å². The predicted molar refractivity (Wildman–Crippen MR) is 100 cm³/mol. The van der Waals surface area contributed by atoms with Crippen LogP contribution in [0.25, 0.3) is 0 Å². The van der Waals surface area contributed by atoms with Crippen LogP contribution < -0.4 is 10.7 Å². The minimum atomic E-state index is -0.481. The molecule has 0 spiro atoms. The minimum absolute atomic E-state index is 0.247. The zero-order chi connectivity index (χ0) is 19.1. The zero-order valence-electron chi connectivity index (χ0n) is 14.1. The summed E-state index contributed by atoms with van der Waals surface area (Å²) in [5.41, 5.74) is 3.99. The molecule has 1 aromatic heterocycles. The number of halogens is 1. The van der Waals surface area contributed by atoms with Gasteiger partial charge in [0.1, 0.15) is 5.82 Å². The summed E-state index contributed by atoms with van der Waals surface area (Å²) in [6.07, 6.45) is 4.70. The summed E-state index contributed by atoms with van der Waals surface area (Å²) in [6, 6.07) is 15.2. The highest BCUT2D eigenvalue weighted by atomic mass is 19.1. The molecule has 0 bridgehead atoms. The van der Waals surface area contributed by atoms with Crippen molar-refractivity contribution in [3.8, 4) is 0 Å². The summed E-state index contributed by atoms with van der Waals surface area (Å²) in [6.45, 7) is 0. The molecule has 7 heteroatoms. The molecule has 2 aromatic carbocycles. The van der Waals surface area contributed by atoms with Crippen molar-refractivity contribution in [2.45, 2.75) is 0 Å². The Bertz CT molecular complexity index is 973. The van der Waals surface area contributed by atoms with Crippen molar-refractivity contribution < 1.29 is 14.0 Å². The Morgan fingerprint density at radius 2 is 1.74 bits per heavy atom. The van der Waals surface area contributed by atoms with Crippen LogP contribution in [0.2, 0.25) is 0 Å². The van der Waals surface area contributed by atoms with Gasteiger partial charge in [0.2, 0.25) is 0 Å². The minimum Gasteiger partial charge on any atom is -0.321 e. The lowest BCUT2D eigenvalue weighted by atomic mass is 10.1. The second kappa shape index (κ2) is 8.48. The number of nitrogens with one attached hydrogen (secondary N) is 2. The molecule has 27 heavy (non-hydrogen) atoms.